The van der Waals surface area contributed by atoms with Crippen LogP contribution in [0.3, 0.4) is 0 Å². The Bertz CT molecular complexity index is 336. The summed E-state index contributed by atoms with van der Waals surface area (Å²) >= 11 is 0. The first-order chi connectivity index (χ1) is 8.20. The second-order valence-electron chi connectivity index (χ2n) is 2.88. The Hall–Kier alpha value is -1.78. The Kier molecular flexibility index (Phi) is 9.61. The number of halogens is 2. The van der Waals surface area contributed by atoms with Crippen molar-refractivity contribution in [3.05, 3.63) is 72.3 Å². The van der Waals surface area contributed by atoms with Crippen molar-refractivity contribution in [3.8, 4) is 0 Å². The van der Waals surface area contributed by atoms with E-state index in [1.807, 2.05) is 36.4 Å². The Morgan fingerprint density at radius 1 is 0.824 bits per heavy atom. The summed E-state index contributed by atoms with van der Waals surface area (Å²) in [4.78, 5) is 0. The Labute approximate surface area is 100 Å². The number of hydrogen-bond donors (Lipinski definition) is 2. The number of hydrazine groups is 1. The molecule has 0 aromatic heterocycles. The highest BCUT2D eigenvalue weighted by molar-refractivity contribution is 5.04. The van der Waals surface area contributed by atoms with Crippen molar-refractivity contribution in [3.63, 3.8) is 0 Å². The van der Waals surface area contributed by atoms with Crippen LogP contribution < -0.4 is 11.3 Å². The zero-order valence-corrected chi connectivity index (χ0v) is 9.61. The van der Waals surface area contributed by atoms with Crippen LogP contribution in [0, 0.1) is 11.6 Å². The number of rotatable bonds is 0. The van der Waals surface area contributed by atoms with E-state index in [0.29, 0.717) is 0 Å². The minimum absolute atomic E-state index is 0.537. The van der Waals surface area contributed by atoms with Gasteiger partial charge in [-0.25, -0.2) is 8.78 Å². The molecule has 0 bridgehead atoms. The molecule has 0 aliphatic rings. The van der Waals surface area contributed by atoms with Crippen molar-refractivity contribution in [2.45, 2.75) is 0 Å². The predicted molar refractivity (Wildman–Crippen MR) is 66.0 cm³/mol. The molecule has 2 nitrogen and oxygen atoms in total. The average Bonchev–Trinajstić information content (AvgIpc) is 2.33. The smallest absolute Gasteiger partial charge is 0.126 e. The lowest BCUT2D eigenvalue weighted by molar-refractivity contribution is 0.583. The monoisotopic (exact) mass is 238 g/mol. The lowest BCUT2D eigenvalue weighted by Gasteiger charge is -1.84. The maximum atomic E-state index is 11.9. The van der Waals surface area contributed by atoms with E-state index in [-0.39, 0.29) is 0 Å². The summed E-state index contributed by atoms with van der Waals surface area (Å²) in [5, 5.41) is 0. The molecule has 0 heterocycles. The van der Waals surface area contributed by atoms with Gasteiger partial charge in [-0.3, -0.25) is 11.3 Å². The molecule has 0 aliphatic heterocycles. The largest absolute Gasteiger partial charge is 0.272 e. The molecule has 0 spiro atoms. The Morgan fingerprint density at radius 3 is 1.29 bits per heavy atom. The highest BCUT2D eigenvalue weighted by Crippen LogP contribution is 1.99. The zero-order valence-electron chi connectivity index (χ0n) is 9.61. The number of nitrogens with two attached hydrogens (primary N) is 1. The molecular weight excluding hydrogens is 222 g/mol. The van der Waals surface area contributed by atoms with E-state index < -0.39 is 11.6 Å². The summed E-state index contributed by atoms with van der Waals surface area (Å²) in [5.41, 5.74) is 2.25. The molecule has 0 saturated carbocycles. The molecule has 0 aliphatic carbocycles. The molecule has 3 N–H and O–H groups in total. The summed E-state index contributed by atoms with van der Waals surface area (Å²) in [5.74, 6) is 3.52. The summed E-state index contributed by atoms with van der Waals surface area (Å²) in [6.07, 6.45) is 0. The molecule has 4 heteroatoms. The highest BCUT2D eigenvalue weighted by atomic mass is 19.1. The van der Waals surface area contributed by atoms with Crippen molar-refractivity contribution in [1.82, 2.24) is 5.43 Å². The minimum Gasteiger partial charge on any atom is -0.272 e. The molecule has 2 rings (SSSR count). The van der Waals surface area contributed by atoms with Crippen LogP contribution in [0.4, 0.5) is 8.78 Å². The lowest BCUT2D eigenvalue weighted by atomic mass is 10.3. The SMILES string of the molecule is CNN.Fc1cccc(F)c1.c1ccccc1. The third-order valence-electron chi connectivity index (χ3n) is 1.45. The van der Waals surface area contributed by atoms with Crippen LogP contribution in [0.1, 0.15) is 0 Å². The van der Waals surface area contributed by atoms with Crippen LogP contribution in [0.5, 0.6) is 0 Å². The predicted octanol–water partition coefficient (Wildman–Crippen LogP) is 2.73. The van der Waals surface area contributed by atoms with E-state index in [2.05, 4.69) is 11.3 Å². The van der Waals surface area contributed by atoms with E-state index in [0.717, 1.165) is 6.07 Å². The van der Waals surface area contributed by atoms with Gasteiger partial charge in [0.05, 0.1) is 0 Å². The number of nitrogens with one attached hydrogen (secondary N) is 1. The van der Waals surface area contributed by atoms with E-state index in [1.165, 1.54) is 18.2 Å². The van der Waals surface area contributed by atoms with Gasteiger partial charge in [-0.15, -0.1) is 0 Å². The van der Waals surface area contributed by atoms with E-state index in [9.17, 15) is 8.78 Å². The van der Waals surface area contributed by atoms with Gasteiger partial charge in [-0.2, -0.15) is 0 Å². The Morgan fingerprint density at radius 2 is 1.12 bits per heavy atom. The molecule has 0 saturated heterocycles. The van der Waals surface area contributed by atoms with Crippen LogP contribution in [-0.4, -0.2) is 7.05 Å². The van der Waals surface area contributed by atoms with Gasteiger partial charge in [-0.1, -0.05) is 42.5 Å². The van der Waals surface area contributed by atoms with Crippen LogP contribution in [0.2, 0.25) is 0 Å². The third-order valence-corrected chi connectivity index (χ3v) is 1.45. The van der Waals surface area contributed by atoms with Crippen molar-refractivity contribution < 1.29 is 8.78 Å². The number of hydrogen-bond acceptors (Lipinski definition) is 2. The van der Waals surface area contributed by atoms with Gasteiger partial charge >= 0.3 is 0 Å². The standard InChI is InChI=1S/C6H4F2.C6H6.CH6N2/c7-5-2-1-3-6(8)4-5;1-2-4-6-5-3-1;1-3-2/h1-4H;1-6H;3H,2H2,1H3. The minimum atomic E-state index is -0.537. The fraction of sp³-hybridized carbons (Fsp3) is 0.0769. The van der Waals surface area contributed by atoms with Gasteiger partial charge in [0.2, 0.25) is 0 Å². The molecular formula is C13H16F2N2. The molecule has 2 aromatic carbocycles. The second kappa shape index (κ2) is 10.7. The molecule has 17 heavy (non-hydrogen) atoms. The van der Waals surface area contributed by atoms with Crippen LogP contribution in [-0.2, 0) is 0 Å². The lowest BCUT2D eigenvalue weighted by Crippen LogP contribution is -2.13. The van der Waals surface area contributed by atoms with Crippen LogP contribution >= 0.6 is 0 Å². The van der Waals surface area contributed by atoms with Gasteiger partial charge in [-0.05, 0) is 19.2 Å². The normalized spacial score (nSPS) is 8.24. The van der Waals surface area contributed by atoms with Crippen molar-refractivity contribution in [2.24, 2.45) is 5.84 Å². The summed E-state index contributed by atoms with van der Waals surface area (Å²) in [7, 11) is 1.65. The number of benzene rings is 2. The van der Waals surface area contributed by atoms with Crippen molar-refractivity contribution in [2.75, 3.05) is 7.05 Å². The molecule has 92 valence electrons. The summed E-state index contributed by atoms with van der Waals surface area (Å²) in [6.45, 7) is 0. The van der Waals surface area contributed by atoms with Crippen molar-refractivity contribution >= 4 is 0 Å². The molecule has 2 aromatic rings. The first-order valence-electron chi connectivity index (χ1n) is 4.99. The molecule has 0 radical (unpaired) electrons. The average molecular weight is 238 g/mol. The van der Waals surface area contributed by atoms with Gasteiger partial charge in [0.25, 0.3) is 0 Å². The fourth-order valence-electron chi connectivity index (χ4n) is 0.845. The molecule has 0 unspecified atom stereocenters. The van der Waals surface area contributed by atoms with E-state index in [1.54, 1.807) is 7.05 Å². The fourth-order valence-corrected chi connectivity index (χ4v) is 0.845. The van der Waals surface area contributed by atoms with Gasteiger partial charge in [0.1, 0.15) is 11.6 Å². The summed E-state index contributed by atoms with van der Waals surface area (Å²) in [6, 6.07) is 16.6. The van der Waals surface area contributed by atoms with Crippen LogP contribution in [0.15, 0.2) is 60.7 Å². The van der Waals surface area contributed by atoms with Gasteiger partial charge in [0, 0.05) is 6.07 Å². The van der Waals surface area contributed by atoms with Crippen LogP contribution in [0.25, 0.3) is 0 Å². The molecule has 0 amide bonds. The molecule has 0 fully saturated rings. The molecule has 0 atom stereocenters. The van der Waals surface area contributed by atoms with Gasteiger partial charge < -0.3 is 0 Å². The second-order valence-corrected chi connectivity index (χ2v) is 2.88. The van der Waals surface area contributed by atoms with E-state index in [4.69, 9.17) is 0 Å². The maximum absolute atomic E-state index is 11.9. The Balaban J connectivity index is 0.000000252. The third kappa shape index (κ3) is 10.5. The first kappa shape index (κ1) is 15.2. The van der Waals surface area contributed by atoms with Gasteiger partial charge in [0.15, 0.2) is 0 Å². The topological polar surface area (TPSA) is 38.0 Å². The van der Waals surface area contributed by atoms with Crippen molar-refractivity contribution in [1.29, 1.82) is 0 Å². The zero-order chi connectivity index (χ0) is 12.9. The van der Waals surface area contributed by atoms with E-state index >= 15 is 0 Å². The quantitative estimate of drug-likeness (QED) is 0.547. The first-order valence-corrected chi connectivity index (χ1v) is 4.99. The highest BCUT2D eigenvalue weighted by Gasteiger charge is 1.88. The summed E-state index contributed by atoms with van der Waals surface area (Å²) < 4.78 is 23.9. The maximum Gasteiger partial charge on any atom is 0.126 e.